The lowest BCUT2D eigenvalue weighted by molar-refractivity contribution is -0.152. The van der Waals surface area contributed by atoms with Crippen molar-refractivity contribution in [3.8, 4) is 0 Å². The first-order valence-electron chi connectivity index (χ1n) is 3.47. The Labute approximate surface area is 62.4 Å². The zero-order valence-electron chi connectivity index (χ0n) is 5.86. The standard InChI is InChI=1S/C6H10F3NO/c7-6(8,9)5-2-1-4(3-11)10-5/h4-5,10-11H,1-3H2/t4-,5-/m1/s1. The number of halogens is 3. The predicted molar refractivity (Wildman–Crippen MR) is 33.1 cm³/mol. The van der Waals surface area contributed by atoms with Gasteiger partial charge < -0.3 is 10.4 Å². The monoisotopic (exact) mass is 169 g/mol. The van der Waals surface area contributed by atoms with Crippen molar-refractivity contribution in [1.82, 2.24) is 5.32 Å². The van der Waals surface area contributed by atoms with E-state index in [9.17, 15) is 13.2 Å². The molecule has 2 nitrogen and oxygen atoms in total. The Balaban J connectivity index is 2.42. The second-order valence-electron chi connectivity index (χ2n) is 2.72. The quantitative estimate of drug-likeness (QED) is 0.604. The molecule has 1 aliphatic rings. The van der Waals surface area contributed by atoms with Gasteiger partial charge in [-0.3, -0.25) is 0 Å². The summed E-state index contributed by atoms with van der Waals surface area (Å²) in [5, 5.41) is 10.8. The van der Waals surface area contributed by atoms with Crippen molar-refractivity contribution in [2.24, 2.45) is 0 Å². The number of hydrogen-bond donors (Lipinski definition) is 2. The van der Waals surface area contributed by atoms with Gasteiger partial charge in [-0.05, 0) is 12.8 Å². The zero-order chi connectivity index (χ0) is 8.48. The van der Waals surface area contributed by atoms with Crippen LogP contribution in [0.1, 0.15) is 12.8 Å². The van der Waals surface area contributed by atoms with Gasteiger partial charge in [0.05, 0.1) is 6.61 Å². The van der Waals surface area contributed by atoms with E-state index in [1.54, 1.807) is 0 Å². The molecule has 1 aliphatic heterocycles. The van der Waals surface area contributed by atoms with Crippen LogP contribution in [-0.2, 0) is 0 Å². The second kappa shape index (κ2) is 2.98. The fourth-order valence-electron chi connectivity index (χ4n) is 1.22. The highest BCUT2D eigenvalue weighted by molar-refractivity contribution is 4.87. The average molecular weight is 169 g/mol. The van der Waals surface area contributed by atoms with Crippen LogP contribution in [0.3, 0.4) is 0 Å². The molecule has 66 valence electrons. The molecule has 0 aromatic rings. The molecule has 11 heavy (non-hydrogen) atoms. The molecule has 0 aromatic carbocycles. The Morgan fingerprint density at radius 1 is 1.36 bits per heavy atom. The van der Waals surface area contributed by atoms with E-state index in [-0.39, 0.29) is 19.1 Å². The van der Waals surface area contributed by atoms with Crippen LogP contribution in [0, 0.1) is 0 Å². The highest BCUT2D eigenvalue weighted by atomic mass is 19.4. The summed E-state index contributed by atoms with van der Waals surface area (Å²) in [6.07, 6.45) is -3.68. The van der Waals surface area contributed by atoms with Gasteiger partial charge in [-0.1, -0.05) is 0 Å². The van der Waals surface area contributed by atoms with Gasteiger partial charge in [-0.2, -0.15) is 13.2 Å². The fraction of sp³-hybridized carbons (Fsp3) is 1.00. The zero-order valence-corrected chi connectivity index (χ0v) is 5.86. The van der Waals surface area contributed by atoms with Gasteiger partial charge in [-0.15, -0.1) is 0 Å². The van der Waals surface area contributed by atoms with Crippen molar-refractivity contribution < 1.29 is 18.3 Å². The molecule has 0 unspecified atom stereocenters. The summed E-state index contributed by atoms with van der Waals surface area (Å²) in [6.45, 7) is -0.216. The van der Waals surface area contributed by atoms with E-state index in [0.29, 0.717) is 6.42 Å². The Hall–Kier alpha value is -0.290. The number of nitrogens with one attached hydrogen (secondary N) is 1. The van der Waals surface area contributed by atoms with Crippen molar-refractivity contribution in [2.45, 2.75) is 31.1 Å². The topological polar surface area (TPSA) is 32.3 Å². The predicted octanol–water partition coefficient (Wildman–Crippen LogP) is 0.662. The minimum Gasteiger partial charge on any atom is -0.395 e. The van der Waals surface area contributed by atoms with Crippen molar-refractivity contribution in [3.05, 3.63) is 0 Å². The number of aliphatic hydroxyl groups is 1. The molecule has 0 aromatic heterocycles. The SMILES string of the molecule is OC[C@H]1CC[C@H](C(F)(F)F)N1. The molecular formula is C6H10F3NO. The third-order valence-corrected chi connectivity index (χ3v) is 1.86. The molecule has 0 bridgehead atoms. The van der Waals surface area contributed by atoms with Gasteiger partial charge in [0.2, 0.25) is 0 Å². The average Bonchev–Trinajstić information content (AvgIpc) is 2.32. The maximum Gasteiger partial charge on any atom is 0.403 e. The Morgan fingerprint density at radius 3 is 2.27 bits per heavy atom. The molecule has 1 fully saturated rings. The lowest BCUT2D eigenvalue weighted by atomic mass is 10.2. The van der Waals surface area contributed by atoms with E-state index in [2.05, 4.69) is 5.32 Å². The third-order valence-electron chi connectivity index (χ3n) is 1.86. The van der Waals surface area contributed by atoms with Crippen molar-refractivity contribution in [3.63, 3.8) is 0 Å². The van der Waals surface area contributed by atoms with E-state index >= 15 is 0 Å². The normalized spacial score (nSPS) is 32.7. The molecule has 1 rings (SSSR count). The Morgan fingerprint density at radius 2 is 2.00 bits per heavy atom. The molecule has 0 saturated carbocycles. The first-order valence-corrected chi connectivity index (χ1v) is 3.47. The lowest BCUT2D eigenvalue weighted by Crippen LogP contribution is -2.41. The summed E-state index contributed by atoms with van der Waals surface area (Å²) in [7, 11) is 0. The van der Waals surface area contributed by atoms with Gasteiger partial charge in [0.25, 0.3) is 0 Å². The number of hydrogen-bond acceptors (Lipinski definition) is 2. The highest BCUT2D eigenvalue weighted by Gasteiger charge is 2.43. The van der Waals surface area contributed by atoms with Crippen molar-refractivity contribution in [1.29, 1.82) is 0 Å². The molecule has 2 N–H and O–H groups in total. The van der Waals surface area contributed by atoms with Crippen LogP contribution in [0.2, 0.25) is 0 Å². The first kappa shape index (κ1) is 8.80. The molecule has 1 heterocycles. The first-order chi connectivity index (χ1) is 5.04. The summed E-state index contributed by atoms with van der Waals surface area (Å²) >= 11 is 0. The van der Waals surface area contributed by atoms with E-state index in [4.69, 9.17) is 5.11 Å². The van der Waals surface area contributed by atoms with Crippen molar-refractivity contribution in [2.75, 3.05) is 6.61 Å². The molecule has 1 saturated heterocycles. The van der Waals surface area contributed by atoms with E-state index in [1.807, 2.05) is 0 Å². The maximum absolute atomic E-state index is 11.9. The van der Waals surface area contributed by atoms with Crippen LogP contribution < -0.4 is 5.32 Å². The summed E-state index contributed by atoms with van der Waals surface area (Å²) < 4.78 is 35.8. The fourth-order valence-corrected chi connectivity index (χ4v) is 1.22. The minimum absolute atomic E-state index is 0.0781. The number of aliphatic hydroxyl groups excluding tert-OH is 1. The van der Waals surface area contributed by atoms with Gasteiger partial charge in [0.15, 0.2) is 0 Å². The molecule has 2 atom stereocenters. The molecular weight excluding hydrogens is 159 g/mol. The largest absolute Gasteiger partial charge is 0.403 e. The van der Waals surface area contributed by atoms with Gasteiger partial charge in [0, 0.05) is 6.04 Å². The summed E-state index contributed by atoms with van der Waals surface area (Å²) in [5.41, 5.74) is 0. The minimum atomic E-state index is -4.16. The van der Waals surface area contributed by atoms with Crippen LogP contribution in [0.15, 0.2) is 0 Å². The van der Waals surface area contributed by atoms with Gasteiger partial charge >= 0.3 is 6.18 Å². The number of alkyl halides is 3. The third kappa shape index (κ3) is 2.07. The smallest absolute Gasteiger partial charge is 0.395 e. The van der Waals surface area contributed by atoms with Gasteiger partial charge in [0.1, 0.15) is 6.04 Å². The van der Waals surface area contributed by atoms with Crippen LogP contribution >= 0.6 is 0 Å². The second-order valence-corrected chi connectivity index (χ2v) is 2.72. The van der Waals surface area contributed by atoms with Crippen LogP contribution in [-0.4, -0.2) is 30.0 Å². The van der Waals surface area contributed by atoms with Crippen LogP contribution in [0.5, 0.6) is 0 Å². The van der Waals surface area contributed by atoms with E-state index in [0.717, 1.165) is 0 Å². The maximum atomic E-state index is 11.9. The molecule has 0 amide bonds. The number of rotatable bonds is 1. The molecule has 0 aliphatic carbocycles. The Bertz CT molecular complexity index is 136. The van der Waals surface area contributed by atoms with Gasteiger partial charge in [-0.25, -0.2) is 0 Å². The van der Waals surface area contributed by atoms with E-state index < -0.39 is 12.2 Å². The van der Waals surface area contributed by atoms with Crippen LogP contribution in [0.4, 0.5) is 13.2 Å². The summed E-state index contributed by atoms with van der Waals surface area (Å²) in [4.78, 5) is 0. The summed E-state index contributed by atoms with van der Waals surface area (Å²) in [6, 6.07) is -1.79. The van der Waals surface area contributed by atoms with Crippen molar-refractivity contribution >= 4 is 0 Å². The van der Waals surface area contributed by atoms with Crippen LogP contribution in [0.25, 0.3) is 0 Å². The molecule has 0 radical (unpaired) electrons. The molecule has 5 heteroatoms. The molecule has 0 spiro atoms. The Kier molecular flexibility index (Phi) is 2.39. The summed E-state index contributed by atoms with van der Waals surface area (Å²) in [5.74, 6) is 0. The van der Waals surface area contributed by atoms with E-state index in [1.165, 1.54) is 0 Å². The lowest BCUT2D eigenvalue weighted by Gasteiger charge is -2.15. The highest BCUT2D eigenvalue weighted by Crippen LogP contribution is 2.28.